The molecule has 25 heavy (non-hydrogen) atoms. The Morgan fingerprint density at radius 1 is 1.16 bits per heavy atom. The van der Waals surface area contributed by atoms with Gasteiger partial charge in [-0.3, -0.25) is 4.79 Å². The van der Waals surface area contributed by atoms with Crippen LogP contribution < -0.4 is 0 Å². The molecule has 0 aromatic carbocycles. The predicted molar refractivity (Wildman–Crippen MR) is 97.8 cm³/mol. The van der Waals surface area contributed by atoms with Crippen molar-refractivity contribution >= 4 is 5.97 Å². The number of nitrogens with zero attached hydrogens (tertiary/aromatic N) is 2. The molecule has 1 aromatic heterocycles. The zero-order valence-corrected chi connectivity index (χ0v) is 15.6. The zero-order valence-electron chi connectivity index (χ0n) is 15.6. The number of hydrogen-bond acceptors (Lipinski definition) is 3. The van der Waals surface area contributed by atoms with Gasteiger partial charge in [-0.2, -0.15) is 0 Å². The van der Waals surface area contributed by atoms with Crippen LogP contribution in [0.1, 0.15) is 74.0 Å². The summed E-state index contributed by atoms with van der Waals surface area (Å²) in [5, 5.41) is 20.0. The first-order chi connectivity index (χ1) is 12.0. The molecule has 0 bridgehead atoms. The predicted octanol–water partition coefficient (Wildman–Crippen LogP) is 3.44. The first-order valence-electron chi connectivity index (χ1n) is 9.79. The van der Waals surface area contributed by atoms with Crippen LogP contribution in [0.25, 0.3) is 0 Å². The van der Waals surface area contributed by atoms with Crippen molar-refractivity contribution in [3.63, 3.8) is 0 Å². The molecule has 1 unspecified atom stereocenters. The van der Waals surface area contributed by atoms with Gasteiger partial charge < -0.3 is 19.7 Å². The second-order valence-electron chi connectivity index (χ2n) is 7.92. The van der Waals surface area contributed by atoms with Crippen molar-refractivity contribution in [3.8, 4) is 0 Å². The molecular formula is C20H32N2O3. The quantitative estimate of drug-likeness (QED) is 0.855. The van der Waals surface area contributed by atoms with Crippen LogP contribution in [0.3, 0.4) is 0 Å². The van der Waals surface area contributed by atoms with E-state index in [1.54, 1.807) is 0 Å². The summed E-state index contributed by atoms with van der Waals surface area (Å²) >= 11 is 0. The Bertz CT molecular complexity index is 596. The lowest BCUT2D eigenvalue weighted by atomic mass is 9.86. The highest BCUT2D eigenvalue weighted by atomic mass is 16.4. The minimum atomic E-state index is -0.656. The van der Waals surface area contributed by atoms with E-state index in [9.17, 15) is 15.0 Å². The number of aliphatic carboxylic acids is 1. The Morgan fingerprint density at radius 2 is 1.80 bits per heavy atom. The molecule has 2 N–H and O–H groups in total. The van der Waals surface area contributed by atoms with Gasteiger partial charge in [-0.1, -0.05) is 6.42 Å². The average Bonchev–Trinajstić information content (AvgIpc) is 2.90. The monoisotopic (exact) mass is 348 g/mol. The van der Waals surface area contributed by atoms with Gasteiger partial charge in [0.15, 0.2) is 0 Å². The fourth-order valence-electron chi connectivity index (χ4n) is 4.77. The van der Waals surface area contributed by atoms with Crippen LogP contribution in [0, 0.1) is 19.8 Å². The summed E-state index contributed by atoms with van der Waals surface area (Å²) in [5.41, 5.74) is 3.38. The molecule has 1 aliphatic heterocycles. The van der Waals surface area contributed by atoms with E-state index in [-0.39, 0.29) is 5.92 Å². The van der Waals surface area contributed by atoms with Gasteiger partial charge in [-0.15, -0.1) is 0 Å². The largest absolute Gasteiger partial charge is 0.481 e. The molecule has 140 valence electrons. The Hall–Kier alpha value is -1.33. The Labute approximate surface area is 150 Å². The minimum Gasteiger partial charge on any atom is -0.481 e. The molecule has 2 aliphatic rings. The van der Waals surface area contributed by atoms with Crippen molar-refractivity contribution in [1.82, 2.24) is 9.47 Å². The molecule has 1 saturated carbocycles. The number of piperidine rings is 1. The Morgan fingerprint density at radius 3 is 2.40 bits per heavy atom. The van der Waals surface area contributed by atoms with Gasteiger partial charge in [0.1, 0.15) is 0 Å². The lowest BCUT2D eigenvalue weighted by Gasteiger charge is -2.30. The standard InChI is InChI=1S/C20H32N2O3/c1-14-12-18(19(23)13-21-10-4-3-5-11-21)15(2)22(14)17-8-6-16(7-9-17)20(24)25/h12,16-17,19,23H,3-11,13H2,1-2H3,(H,24,25). The number of aryl methyl sites for hydroxylation is 1. The smallest absolute Gasteiger partial charge is 0.306 e. The molecule has 3 rings (SSSR count). The summed E-state index contributed by atoms with van der Waals surface area (Å²) < 4.78 is 2.34. The van der Waals surface area contributed by atoms with Crippen molar-refractivity contribution in [1.29, 1.82) is 0 Å². The summed E-state index contributed by atoms with van der Waals surface area (Å²) in [5.74, 6) is -0.839. The zero-order chi connectivity index (χ0) is 18.0. The normalized spacial score (nSPS) is 26.5. The van der Waals surface area contributed by atoms with Crippen LogP contribution in [0.5, 0.6) is 0 Å². The third-order valence-electron chi connectivity index (χ3n) is 6.17. The fourth-order valence-corrected chi connectivity index (χ4v) is 4.77. The number of aromatic nitrogens is 1. The molecule has 1 aliphatic carbocycles. The van der Waals surface area contributed by atoms with E-state index in [4.69, 9.17) is 0 Å². The molecule has 1 aromatic rings. The van der Waals surface area contributed by atoms with Crippen LogP contribution in [0.2, 0.25) is 0 Å². The molecule has 5 nitrogen and oxygen atoms in total. The van der Waals surface area contributed by atoms with E-state index < -0.39 is 12.1 Å². The maximum Gasteiger partial charge on any atom is 0.306 e. The number of aliphatic hydroxyl groups is 1. The number of hydrogen-bond donors (Lipinski definition) is 2. The summed E-state index contributed by atoms with van der Waals surface area (Å²) in [7, 11) is 0. The summed E-state index contributed by atoms with van der Waals surface area (Å²) in [4.78, 5) is 13.5. The molecule has 1 saturated heterocycles. The topological polar surface area (TPSA) is 65.7 Å². The van der Waals surface area contributed by atoms with Crippen LogP contribution in [-0.2, 0) is 4.79 Å². The van der Waals surface area contributed by atoms with Crippen molar-refractivity contribution in [2.24, 2.45) is 5.92 Å². The summed E-state index contributed by atoms with van der Waals surface area (Å²) in [6.45, 7) is 7.11. The number of carboxylic acids is 1. The van der Waals surface area contributed by atoms with Gasteiger partial charge in [0.25, 0.3) is 0 Å². The molecule has 0 spiro atoms. The molecule has 2 heterocycles. The third-order valence-corrected chi connectivity index (χ3v) is 6.17. The summed E-state index contributed by atoms with van der Waals surface area (Å²) in [6.07, 6.45) is 6.67. The van der Waals surface area contributed by atoms with E-state index in [0.717, 1.165) is 56.6 Å². The first-order valence-corrected chi connectivity index (χ1v) is 9.79. The van der Waals surface area contributed by atoms with Gasteiger partial charge in [-0.05, 0) is 71.5 Å². The second-order valence-corrected chi connectivity index (χ2v) is 7.92. The van der Waals surface area contributed by atoms with E-state index in [1.165, 1.54) is 25.0 Å². The van der Waals surface area contributed by atoms with Crippen LogP contribution in [-0.4, -0.2) is 45.3 Å². The van der Waals surface area contributed by atoms with Crippen molar-refractivity contribution in [3.05, 3.63) is 23.0 Å². The van der Waals surface area contributed by atoms with Gasteiger partial charge in [-0.25, -0.2) is 0 Å². The molecule has 2 fully saturated rings. The Kier molecular flexibility index (Phi) is 5.85. The highest BCUT2D eigenvalue weighted by Crippen LogP contribution is 2.36. The van der Waals surface area contributed by atoms with Gasteiger partial charge in [0.2, 0.25) is 0 Å². The number of rotatable bonds is 5. The maximum atomic E-state index is 11.2. The third kappa shape index (κ3) is 4.09. The highest BCUT2D eigenvalue weighted by Gasteiger charge is 2.29. The second kappa shape index (κ2) is 7.92. The van der Waals surface area contributed by atoms with E-state index >= 15 is 0 Å². The fraction of sp³-hybridized carbons (Fsp3) is 0.750. The molecule has 5 heteroatoms. The molecule has 0 amide bonds. The first kappa shape index (κ1) is 18.5. The van der Waals surface area contributed by atoms with Crippen LogP contribution >= 0.6 is 0 Å². The van der Waals surface area contributed by atoms with Gasteiger partial charge >= 0.3 is 5.97 Å². The minimum absolute atomic E-state index is 0.184. The van der Waals surface area contributed by atoms with E-state index in [2.05, 4.69) is 29.4 Å². The van der Waals surface area contributed by atoms with E-state index in [1.807, 2.05) is 0 Å². The van der Waals surface area contributed by atoms with Crippen molar-refractivity contribution in [2.45, 2.75) is 70.9 Å². The number of aliphatic hydroxyl groups excluding tert-OH is 1. The average molecular weight is 348 g/mol. The van der Waals surface area contributed by atoms with E-state index in [0.29, 0.717) is 6.04 Å². The molecule has 1 atom stereocenters. The molecular weight excluding hydrogens is 316 g/mol. The van der Waals surface area contributed by atoms with Crippen LogP contribution in [0.4, 0.5) is 0 Å². The SMILES string of the molecule is Cc1cc(C(O)CN2CCCCC2)c(C)n1C1CCC(C(=O)O)CC1. The summed E-state index contributed by atoms with van der Waals surface area (Å²) in [6, 6.07) is 2.50. The number of likely N-dealkylation sites (tertiary alicyclic amines) is 1. The van der Waals surface area contributed by atoms with Crippen molar-refractivity contribution in [2.75, 3.05) is 19.6 Å². The molecule has 0 radical (unpaired) electrons. The number of β-amino-alcohol motifs (C(OH)–C–C–N with tert-alkyl or cyclic N) is 1. The highest BCUT2D eigenvalue weighted by molar-refractivity contribution is 5.70. The number of carbonyl (C=O) groups is 1. The number of carboxylic acid groups (broad SMARTS) is 1. The lowest BCUT2D eigenvalue weighted by molar-refractivity contribution is -0.143. The maximum absolute atomic E-state index is 11.2. The van der Waals surface area contributed by atoms with Gasteiger partial charge in [0.05, 0.1) is 12.0 Å². The van der Waals surface area contributed by atoms with Gasteiger partial charge in [0, 0.05) is 29.5 Å². The van der Waals surface area contributed by atoms with Crippen molar-refractivity contribution < 1.29 is 15.0 Å². The lowest BCUT2D eigenvalue weighted by Crippen LogP contribution is -2.33. The van der Waals surface area contributed by atoms with Crippen LogP contribution in [0.15, 0.2) is 6.07 Å². The Balaban J connectivity index is 1.69.